The summed E-state index contributed by atoms with van der Waals surface area (Å²) in [5, 5.41) is 17.3. The fourth-order valence-corrected chi connectivity index (χ4v) is 2.85. The third-order valence-corrected chi connectivity index (χ3v) is 4.61. The zero-order valence-corrected chi connectivity index (χ0v) is 13.5. The van der Waals surface area contributed by atoms with Crippen LogP contribution in [-0.2, 0) is 6.42 Å². The summed E-state index contributed by atoms with van der Waals surface area (Å²) in [6.07, 6.45) is 4.06. The lowest BCUT2D eigenvalue weighted by atomic mass is 9.71. The van der Waals surface area contributed by atoms with Crippen molar-refractivity contribution < 1.29 is 14.4 Å². The molecule has 118 valence electrons. The van der Waals surface area contributed by atoms with Crippen molar-refractivity contribution in [2.45, 2.75) is 65.4 Å². The normalized spacial score (nSPS) is 20.2. The molecule has 0 unspecified atom stereocenters. The van der Waals surface area contributed by atoms with Crippen LogP contribution in [-0.4, -0.2) is 28.3 Å². The Balaban J connectivity index is 1.97. The molecule has 0 atom stereocenters. The number of carbonyl (C=O) groups is 1. The van der Waals surface area contributed by atoms with Crippen LogP contribution in [0, 0.1) is 12.3 Å². The van der Waals surface area contributed by atoms with E-state index in [1.54, 1.807) is 6.92 Å². The summed E-state index contributed by atoms with van der Waals surface area (Å²) in [5.41, 5.74) is 0.679. The van der Waals surface area contributed by atoms with Crippen molar-refractivity contribution in [1.29, 1.82) is 0 Å². The second-order valence-corrected chi connectivity index (χ2v) is 6.99. The van der Waals surface area contributed by atoms with Crippen LogP contribution in [0.5, 0.6) is 0 Å². The average Bonchev–Trinajstić information content (AvgIpc) is 2.81. The van der Waals surface area contributed by atoms with Crippen LogP contribution < -0.4 is 5.32 Å². The van der Waals surface area contributed by atoms with E-state index in [0.29, 0.717) is 23.4 Å². The number of hydrogen-bond donors (Lipinski definition) is 2. The van der Waals surface area contributed by atoms with E-state index in [1.807, 2.05) is 6.92 Å². The van der Waals surface area contributed by atoms with E-state index < -0.39 is 5.60 Å². The maximum Gasteiger partial charge on any atom is 0.256 e. The SMILES string of the molecule is CCc1noc(C)c1C(=O)NCC1(O)CCC(C)(C)CC1. The molecule has 0 aromatic carbocycles. The van der Waals surface area contributed by atoms with Gasteiger partial charge in [0.2, 0.25) is 0 Å². The van der Waals surface area contributed by atoms with Crippen molar-refractivity contribution >= 4 is 5.91 Å². The van der Waals surface area contributed by atoms with Gasteiger partial charge < -0.3 is 14.9 Å². The van der Waals surface area contributed by atoms with E-state index in [-0.39, 0.29) is 17.9 Å². The molecule has 5 heteroatoms. The van der Waals surface area contributed by atoms with Crippen LogP contribution in [0.4, 0.5) is 0 Å². The second kappa shape index (κ2) is 5.79. The van der Waals surface area contributed by atoms with E-state index in [1.165, 1.54) is 0 Å². The molecule has 0 spiro atoms. The Morgan fingerprint density at radius 2 is 1.95 bits per heavy atom. The van der Waals surface area contributed by atoms with Crippen molar-refractivity contribution in [3.05, 3.63) is 17.0 Å². The number of aromatic nitrogens is 1. The predicted octanol–water partition coefficient (Wildman–Crippen LogP) is 2.61. The van der Waals surface area contributed by atoms with Gasteiger partial charge in [0.05, 0.1) is 11.3 Å². The molecule has 0 bridgehead atoms. The summed E-state index contributed by atoms with van der Waals surface area (Å²) in [5.74, 6) is 0.324. The number of hydrogen-bond acceptors (Lipinski definition) is 4. The molecule has 1 aromatic rings. The molecule has 0 radical (unpaired) electrons. The van der Waals surface area contributed by atoms with E-state index in [0.717, 1.165) is 25.7 Å². The number of amides is 1. The Morgan fingerprint density at radius 3 is 2.52 bits per heavy atom. The molecule has 1 aromatic heterocycles. The quantitative estimate of drug-likeness (QED) is 0.895. The van der Waals surface area contributed by atoms with Crippen molar-refractivity contribution in [3.63, 3.8) is 0 Å². The number of nitrogens with one attached hydrogen (secondary N) is 1. The third-order valence-electron chi connectivity index (χ3n) is 4.61. The zero-order valence-electron chi connectivity index (χ0n) is 13.5. The lowest BCUT2D eigenvalue weighted by Gasteiger charge is -2.40. The minimum Gasteiger partial charge on any atom is -0.388 e. The fourth-order valence-electron chi connectivity index (χ4n) is 2.85. The summed E-state index contributed by atoms with van der Waals surface area (Å²) in [7, 11) is 0. The highest BCUT2D eigenvalue weighted by atomic mass is 16.5. The fraction of sp³-hybridized carbons (Fsp3) is 0.750. The van der Waals surface area contributed by atoms with Gasteiger partial charge in [0.1, 0.15) is 11.3 Å². The van der Waals surface area contributed by atoms with Crippen LogP contribution in [0.2, 0.25) is 0 Å². The van der Waals surface area contributed by atoms with Gasteiger partial charge in [-0.2, -0.15) is 0 Å². The van der Waals surface area contributed by atoms with Crippen LogP contribution in [0.25, 0.3) is 0 Å². The number of rotatable bonds is 4. The molecule has 5 nitrogen and oxygen atoms in total. The number of nitrogens with zero attached hydrogens (tertiary/aromatic N) is 1. The van der Waals surface area contributed by atoms with E-state index in [4.69, 9.17) is 4.52 Å². The molecule has 0 saturated heterocycles. The van der Waals surface area contributed by atoms with Crippen molar-refractivity contribution in [3.8, 4) is 0 Å². The first-order chi connectivity index (χ1) is 9.76. The average molecular weight is 294 g/mol. The van der Waals surface area contributed by atoms with Gasteiger partial charge in [-0.3, -0.25) is 4.79 Å². The number of carbonyl (C=O) groups excluding carboxylic acids is 1. The molecular weight excluding hydrogens is 268 g/mol. The molecule has 2 N–H and O–H groups in total. The van der Waals surface area contributed by atoms with Crippen LogP contribution in [0.3, 0.4) is 0 Å². The number of aryl methyl sites for hydroxylation is 2. The summed E-state index contributed by atoms with van der Waals surface area (Å²) >= 11 is 0. The highest BCUT2D eigenvalue weighted by molar-refractivity contribution is 5.96. The highest BCUT2D eigenvalue weighted by Gasteiger charge is 2.37. The zero-order chi connectivity index (χ0) is 15.7. The smallest absolute Gasteiger partial charge is 0.256 e. The van der Waals surface area contributed by atoms with Gasteiger partial charge >= 0.3 is 0 Å². The summed E-state index contributed by atoms with van der Waals surface area (Å²) in [4.78, 5) is 12.3. The molecule has 1 heterocycles. The van der Waals surface area contributed by atoms with Gasteiger partial charge in [0.15, 0.2) is 0 Å². The lowest BCUT2D eigenvalue weighted by molar-refractivity contribution is -0.0233. The van der Waals surface area contributed by atoms with Crippen LogP contribution in [0.1, 0.15) is 68.3 Å². The molecule has 1 aliphatic carbocycles. The van der Waals surface area contributed by atoms with Crippen LogP contribution >= 0.6 is 0 Å². The first-order valence-electron chi connectivity index (χ1n) is 7.72. The molecule has 0 aliphatic heterocycles. The second-order valence-electron chi connectivity index (χ2n) is 6.99. The Kier molecular flexibility index (Phi) is 4.42. The Morgan fingerprint density at radius 1 is 1.33 bits per heavy atom. The van der Waals surface area contributed by atoms with Gasteiger partial charge in [-0.1, -0.05) is 25.9 Å². The largest absolute Gasteiger partial charge is 0.388 e. The van der Waals surface area contributed by atoms with Crippen molar-refractivity contribution in [2.24, 2.45) is 5.41 Å². The maximum absolute atomic E-state index is 12.3. The summed E-state index contributed by atoms with van der Waals surface area (Å²) < 4.78 is 5.08. The van der Waals surface area contributed by atoms with Gasteiger partial charge in [0.25, 0.3) is 5.91 Å². The van der Waals surface area contributed by atoms with Crippen LogP contribution in [0.15, 0.2) is 4.52 Å². The lowest BCUT2D eigenvalue weighted by Crippen LogP contribution is -2.46. The Hall–Kier alpha value is -1.36. The standard InChI is InChI=1S/C16H26N2O3/c1-5-12-13(11(2)21-18-12)14(19)17-10-16(20)8-6-15(3,4)7-9-16/h20H,5-10H2,1-4H3,(H,17,19). The van der Waals surface area contributed by atoms with E-state index >= 15 is 0 Å². The molecule has 1 fully saturated rings. The number of aliphatic hydroxyl groups is 1. The van der Waals surface area contributed by atoms with E-state index in [9.17, 15) is 9.90 Å². The predicted molar refractivity (Wildman–Crippen MR) is 80.2 cm³/mol. The van der Waals surface area contributed by atoms with Crippen molar-refractivity contribution in [2.75, 3.05) is 6.54 Å². The summed E-state index contributed by atoms with van der Waals surface area (Å²) in [6.45, 7) is 8.40. The van der Waals surface area contributed by atoms with Gasteiger partial charge in [0, 0.05) is 6.54 Å². The van der Waals surface area contributed by atoms with Gasteiger partial charge in [-0.25, -0.2) is 0 Å². The van der Waals surface area contributed by atoms with Gasteiger partial charge in [-0.05, 0) is 44.4 Å². The molecule has 1 amide bonds. The minimum atomic E-state index is -0.789. The molecule has 21 heavy (non-hydrogen) atoms. The molecule has 1 saturated carbocycles. The minimum absolute atomic E-state index is 0.205. The first kappa shape index (κ1) is 16.0. The molecule has 1 aliphatic rings. The monoisotopic (exact) mass is 294 g/mol. The maximum atomic E-state index is 12.3. The first-order valence-corrected chi connectivity index (χ1v) is 7.72. The topological polar surface area (TPSA) is 75.4 Å². The highest BCUT2D eigenvalue weighted by Crippen LogP contribution is 2.39. The Labute approximate surface area is 126 Å². The summed E-state index contributed by atoms with van der Waals surface area (Å²) in [6, 6.07) is 0. The molecular formula is C16H26N2O3. The van der Waals surface area contributed by atoms with E-state index in [2.05, 4.69) is 24.3 Å². The van der Waals surface area contributed by atoms with Gasteiger partial charge in [-0.15, -0.1) is 0 Å². The molecule has 2 rings (SSSR count). The third kappa shape index (κ3) is 3.64. The Bertz CT molecular complexity index is 510. The van der Waals surface area contributed by atoms with Crippen molar-refractivity contribution in [1.82, 2.24) is 10.5 Å².